The molecule has 0 aromatic carbocycles. The summed E-state index contributed by atoms with van der Waals surface area (Å²) in [5.41, 5.74) is 2.04. The van der Waals surface area contributed by atoms with Gasteiger partial charge in [-0.3, -0.25) is 19.2 Å². The lowest BCUT2D eigenvalue weighted by molar-refractivity contribution is -0.200. The van der Waals surface area contributed by atoms with Crippen LogP contribution in [0.15, 0.2) is 23.8 Å². The van der Waals surface area contributed by atoms with Gasteiger partial charge in [0.25, 0.3) is 0 Å². The van der Waals surface area contributed by atoms with E-state index < -0.39 is 23.1 Å². The van der Waals surface area contributed by atoms with Gasteiger partial charge in [0.15, 0.2) is 18.0 Å². The Labute approximate surface area is 182 Å². The van der Waals surface area contributed by atoms with E-state index in [1.165, 1.54) is 6.92 Å². The number of ether oxygens (including phenoxy) is 1. The van der Waals surface area contributed by atoms with Crippen LogP contribution in [0.3, 0.4) is 0 Å². The maximum Gasteiger partial charge on any atom is 0.303 e. The first kappa shape index (κ1) is 21.0. The van der Waals surface area contributed by atoms with Gasteiger partial charge >= 0.3 is 5.97 Å². The topological polar surface area (TPSA) is 102 Å². The molecule has 3 saturated carbocycles. The molecule has 5 aliphatic rings. The number of nitrogens with one attached hydrogen (secondary N) is 1. The van der Waals surface area contributed by atoms with Crippen LogP contribution in [0, 0.1) is 34.5 Å². The van der Waals surface area contributed by atoms with E-state index >= 15 is 0 Å². The summed E-state index contributed by atoms with van der Waals surface area (Å²) in [6.45, 7) is 5.77. The van der Waals surface area contributed by atoms with E-state index in [-0.39, 0.29) is 47.3 Å². The van der Waals surface area contributed by atoms with Crippen LogP contribution in [-0.4, -0.2) is 47.5 Å². The average Bonchev–Trinajstić information content (AvgIpc) is 3.23. The first-order valence-electron chi connectivity index (χ1n) is 11.3. The van der Waals surface area contributed by atoms with Crippen LogP contribution >= 0.6 is 0 Å². The second-order valence-corrected chi connectivity index (χ2v) is 10.5. The first-order chi connectivity index (χ1) is 14.6. The van der Waals surface area contributed by atoms with Crippen LogP contribution in [0.5, 0.6) is 0 Å². The number of carbonyl (C=O) groups excluding carboxylic acids is 3. The molecule has 7 nitrogen and oxygen atoms in total. The molecule has 0 radical (unpaired) electrons. The van der Waals surface area contributed by atoms with Crippen molar-refractivity contribution in [1.29, 1.82) is 0 Å². The normalized spacial score (nSPS) is 47.7. The monoisotopic (exact) mass is 429 g/mol. The SMILES string of the molecule is CC(=O)OCC(=O)[C@@]12ONC[C@@H]1C[C@H]1[C@@H]3CCC4=CC(=O)C=C[C@]4(C)[C@H]3[C@@H](O)C[C@@]12C. The van der Waals surface area contributed by atoms with Crippen molar-refractivity contribution in [3.05, 3.63) is 23.8 Å². The van der Waals surface area contributed by atoms with Gasteiger partial charge in [-0.05, 0) is 49.7 Å². The van der Waals surface area contributed by atoms with Gasteiger partial charge < -0.3 is 9.84 Å². The number of Topliss-reactive ketones (excluding diaryl/α,β-unsaturated/α-hetero) is 1. The van der Waals surface area contributed by atoms with Gasteiger partial charge in [-0.25, -0.2) is 5.48 Å². The average molecular weight is 430 g/mol. The van der Waals surface area contributed by atoms with E-state index in [9.17, 15) is 19.5 Å². The van der Waals surface area contributed by atoms with E-state index in [0.717, 1.165) is 24.8 Å². The van der Waals surface area contributed by atoms with Crippen molar-refractivity contribution in [2.45, 2.75) is 58.2 Å². The highest BCUT2D eigenvalue weighted by atomic mass is 16.7. The Morgan fingerprint density at radius 3 is 2.87 bits per heavy atom. The molecular weight excluding hydrogens is 398 g/mol. The lowest BCUT2D eigenvalue weighted by atomic mass is 9.46. The fourth-order valence-electron chi connectivity index (χ4n) is 8.03. The Balaban J connectivity index is 1.53. The summed E-state index contributed by atoms with van der Waals surface area (Å²) in [7, 11) is 0. The minimum atomic E-state index is -1.10. The molecule has 4 fully saturated rings. The largest absolute Gasteiger partial charge is 0.458 e. The minimum absolute atomic E-state index is 0.00216. The number of rotatable bonds is 3. The maximum absolute atomic E-state index is 13.4. The van der Waals surface area contributed by atoms with Gasteiger partial charge in [-0.15, -0.1) is 0 Å². The van der Waals surface area contributed by atoms with Crippen molar-refractivity contribution < 1.29 is 29.1 Å². The molecule has 5 rings (SSSR count). The number of allylic oxidation sites excluding steroid dienone is 4. The molecule has 0 aromatic heterocycles. The van der Waals surface area contributed by atoms with Crippen molar-refractivity contribution in [2.75, 3.05) is 13.2 Å². The van der Waals surface area contributed by atoms with Crippen molar-refractivity contribution in [2.24, 2.45) is 34.5 Å². The Kier molecular flexibility index (Phi) is 4.64. The molecule has 7 heteroatoms. The van der Waals surface area contributed by atoms with Crippen LogP contribution in [0.1, 0.15) is 46.5 Å². The van der Waals surface area contributed by atoms with Crippen molar-refractivity contribution >= 4 is 17.5 Å². The van der Waals surface area contributed by atoms with Gasteiger partial charge in [0.1, 0.15) is 0 Å². The molecule has 1 aliphatic heterocycles. The van der Waals surface area contributed by atoms with Gasteiger partial charge in [0.05, 0.1) is 6.10 Å². The van der Waals surface area contributed by atoms with Gasteiger partial charge in [0.2, 0.25) is 5.78 Å². The van der Waals surface area contributed by atoms with E-state index in [0.29, 0.717) is 13.0 Å². The predicted molar refractivity (Wildman–Crippen MR) is 110 cm³/mol. The zero-order valence-electron chi connectivity index (χ0n) is 18.3. The predicted octanol–water partition coefficient (Wildman–Crippen LogP) is 1.90. The minimum Gasteiger partial charge on any atom is -0.458 e. The van der Waals surface area contributed by atoms with Crippen LogP contribution in [0.4, 0.5) is 0 Å². The Hall–Kier alpha value is -1.83. The molecule has 4 aliphatic carbocycles. The molecule has 8 atom stereocenters. The zero-order valence-corrected chi connectivity index (χ0v) is 18.3. The number of hydrogen-bond donors (Lipinski definition) is 2. The molecule has 31 heavy (non-hydrogen) atoms. The van der Waals surface area contributed by atoms with Gasteiger partial charge in [0, 0.05) is 36.1 Å². The summed E-state index contributed by atoms with van der Waals surface area (Å²) in [6, 6.07) is 0. The quantitative estimate of drug-likeness (QED) is 0.661. The number of esters is 1. The Morgan fingerprint density at radius 1 is 1.35 bits per heavy atom. The number of hydroxylamine groups is 1. The fourth-order valence-corrected chi connectivity index (χ4v) is 8.03. The molecule has 2 N–H and O–H groups in total. The standard InChI is InChI=1S/C24H31NO6/c1-13(26)30-12-20(29)24-15(11-25-31-24)9-18-17-5-4-14-8-16(27)6-7-22(14,2)21(17)19(28)10-23(18,24)3/h6-8,15,17-19,21,25,28H,4-5,9-12H2,1-3H3/t15-,17-,18-,19-,21+,22-,23-,24-/m0/s1. The second kappa shape index (κ2) is 6.83. The number of hydrogen-bond acceptors (Lipinski definition) is 7. The summed E-state index contributed by atoms with van der Waals surface area (Å²) in [5.74, 6) is -0.286. The summed E-state index contributed by atoms with van der Waals surface area (Å²) in [4.78, 5) is 42.8. The molecule has 168 valence electrons. The highest BCUT2D eigenvalue weighted by Gasteiger charge is 2.74. The molecule has 0 bridgehead atoms. The molecule has 1 saturated heterocycles. The Bertz CT molecular complexity index is 910. The summed E-state index contributed by atoms with van der Waals surface area (Å²) in [6.07, 6.45) is 7.73. The van der Waals surface area contributed by atoms with Crippen molar-refractivity contribution in [1.82, 2.24) is 5.48 Å². The number of ketones is 2. The van der Waals surface area contributed by atoms with Gasteiger partial charge in [-0.1, -0.05) is 25.5 Å². The smallest absolute Gasteiger partial charge is 0.303 e. The lowest BCUT2D eigenvalue weighted by Crippen LogP contribution is -2.63. The summed E-state index contributed by atoms with van der Waals surface area (Å²) >= 11 is 0. The highest BCUT2D eigenvalue weighted by Crippen LogP contribution is 2.69. The molecule has 0 amide bonds. The van der Waals surface area contributed by atoms with Crippen molar-refractivity contribution in [3.8, 4) is 0 Å². The van der Waals surface area contributed by atoms with E-state index in [1.54, 1.807) is 12.2 Å². The molecule has 0 unspecified atom stereocenters. The molecular formula is C24H31NO6. The van der Waals surface area contributed by atoms with Crippen LogP contribution in [0.25, 0.3) is 0 Å². The molecule has 0 spiro atoms. The highest BCUT2D eigenvalue weighted by molar-refractivity contribution is 6.01. The fraction of sp³-hybridized carbons (Fsp3) is 0.708. The Morgan fingerprint density at radius 2 is 2.13 bits per heavy atom. The lowest BCUT2D eigenvalue weighted by Gasteiger charge is -2.59. The van der Waals surface area contributed by atoms with Crippen LogP contribution < -0.4 is 5.48 Å². The van der Waals surface area contributed by atoms with Crippen LogP contribution in [-0.2, 0) is 24.0 Å². The third kappa shape index (κ3) is 2.66. The number of carbonyl (C=O) groups is 3. The number of fused-ring (bicyclic) bond motifs is 7. The zero-order chi connectivity index (χ0) is 22.2. The van der Waals surface area contributed by atoms with E-state index in [4.69, 9.17) is 9.57 Å². The van der Waals surface area contributed by atoms with E-state index in [1.807, 2.05) is 6.08 Å². The van der Waals surface area contributed by atoms with Gasteiger partial charge in [-0.2, -0.15) is 0 Å². The number of aliphatic hydroxyl groups is 1. The third-order valence-corrected chi connectivity index (χ3v) is 9.23. The maximum atomic E-state index is 13.4. The number of aliphatic hydroxyl groups excluding tert-OH is 1. The van der Waals surface area contributed by atoms with Crippen LogP contribution in [0.2, 0.25) is 0 Å². The van der Waals surface area contributed by atoms with E-state index in [2.05, 4.69) is 19.3 Å². The summed E-state index contributed by atoms with van der Waals surface area (Å²) in [5, 5.41) is 11.5. The summed E-state index contributed by atoms with van der Waals surface area (Å²) < 4.78 is 5.07. The van der Waals surface area contributed by atoms with Crippen molar-refractivity contribution in [3.63, 3.8) is 0 Å². The first-order valence-corrected chi connectivity index (χ1v) is 11.3. The second-order valence-electron chi connectivity index (χ2n) is 10.5. The third-order valence-electron chi connectivity index (χ3n) is 9.23. The molecule has 1 heterocycles. The molecule has 0 aromatic rings.